The number of hydrogen-bond donors (Lipinski definition) is 5. The Morgan fingerprint density at radius 2 is 1.54 bits per heavy atom. The largest absolute Gasteiger partial charge is 0.481 e. The maximum absolute atomic E-state index is 14.3. The molecule has 0 aromatic heterocycles. The summed E-state index contributed by atoms with van der Waals surface area (Å²) in [5, 5.41) is 37.0. The molecule has 3 aromatic rings. The lowest BCUT2D eigenvalue weighted by Gasteiger charge is -2.41. The first kappa shape index (κ1) is 30.4. The summed E-state index contributed by atoms with van der Waals surface area (Å²) in [7, 11) is 0. The van der Waals surface area contributed by atoms with Gasteiger partial charge in [-0.05, 0) is 60.6 Å². The third kappa shape index (κ3) is 7.01. The number of carboxylic acid groups (broad SMARTS) is 1. The molecule has 1 amide bonds. The van der Waals surface area contributed by atoms with Crippen molar-refractivity contribution in [1.29, 1.82) is 0 Å². The molecule has 1 aliphatic heterocycles. The second kappa shape index (κ2) is 13.4. The Hall–Kier alpha value is -3.59. The molecule has 8 heteroatoms. The zero-order valence-electron chi connectivity index (χ0n) is 23.4. The van der Waals surface area contributed by atoms with Gasteiger partial charge in [0.05, 0.1) is 24.5 Å². The predicted octanol–water partition coefficient (Wildman–Crippen LogP) is 5.05. The van der Waals surface area contributed by atoms with Crippen LogP contribution in [-0.4, -0.2) is 45.4 Å². The van der Waals surface area contributed by atoms with Gasteiger partial charge in [0, 0.05) is 23.2 Å². The predicted molar refractivity (Wildman–Crippen MR) is 156 cm³/mol. The molecule has 1 aliphatic rings. The van der Waals surface area contributed by atoms with Crippen LogP contribution in [0.4, 0.5) is 10.1 Å². The fraction of sp³-hybridized carbons (Fsp3) is 0.394. The molecule has 4 rings (SSSR count). The standard InChI is InChI=1S/C33H39FN2O5/c1-21(2)30-29(32(41)35-25-11-7-4-8-12-25)33(23-9-5-3-6-10-23,18-17-26(37)19-27(38)20-28(39)40)31(36-30)22-13-15-24(34)16-14-22/h3-16,21,26-27,29-31,36-38H,17-20H2,1-2H3,(H,35,41)(H,39,40)/t26-,27-,29?,30?,31?,33?/m1/s1. The van der Waals surface area contributed by atoms with Crippen molar-refractivity contribution in [3.63, 3.8) is 0 Å². The van der Waals surface area contributed by atoms with Crippen molar-refractivity contribution in [2.75, 3.05) is 5.32 Å². The van der Waals surface area contributed by atoms with Crippen molar-refractivity contribution in [3.8, 4) is 0 Å². The van der Waals surface area contributed by atoms with E-state index in [1.165, 1.54) is 12.1 Å². The van der Waals surface area contributed by atoms with Crippen molar-refractivity contribution in [2.45, 2.75) is 69.2 Å². The number of hydrogen-bond acceptors (Lipinski definition) is 5. The number of rotatable bonds is 12. The van der Waals surface area contributed by atoms with E-state index in [4.69, 9.17) is 5.11 Å². The first-order chi connectivity index (χ1) is 19.6. The Morgan fingerprint density at radius 3 is 2.12 bits per heavy atom. The van der Waals surface area contributed by atoms with Crippen LogP contribution in [-0.2, 0) is 15.0 Å². The van der Waals surface area contributed by atoms with E-state index in [1.807, 2.05) is 60.7 Å². The number of aliphatic hydroxyl groups excluding tert-OH is 2. The van der Waals surface area contributed by atoms with Crippen LogP contribution in [0.25, 0.3) is 0 Å². The molecular weight excluding hydrogens is 523 g/mol. The Bertz CT molecular complexity index is 1290. The van der Waals surface area contributed by atoms with Gasteiger partial charge in [0.1, 0.15) is 5.82 Å². The molecule has 4 unspecified atom stereocenters. The van der Waals surface area contributed by atoms with Crippen molar-refractivity contribution in [2.24, 2.45) is 11.8 Å². The fourth-order valence-electron chi connectivity index (χ4n) is 6.36. The Morgan fingerprint density at radius 1 is 0.927 bits per heavy atom. The second-order valence-electron chi connectivity index (χ2n) is 11.3. The van der Waals surface area contributed by atoms with Crippen LogP contribution in [0.5, 0.6) is 0 Å². The molecule has 0 radical (unpaired) electrons. The molecule has 5 N–H and O–H groups in total. The molecule has 0 bridgehead atoms. The number of amides is 1. The summed E-state index contributed by atoms with van der Waals surface area (Å²) in [6.07, 6.45) is -2.17. The number of para-hydroxylation sites is 1. The fourth-order valence-corrected chi connectivity index (χ4v) is 6.36. The van der Waals surface area contributed by atoms with Gasteiger partial charge in [0.15, 0.2) is 0 Å². The summed E-state index contributed by atoms with van der Waals surface area (Å²) in [5.41, 5.74) is 1.52. The number of halogens is 1. The van der Waals surface area contributed by atoms with Gasteiger partial charge >= 0.3 is 5.97 Å². The van der Waals surface area contributed by atoms with Gasteiger partial charge in [-0.1, -0.05) is 74.5 Å². The van der Waals surface area contributed by atoms with Crippen molar-refractivity contribution in [3.05, 3.63) is 102 Å². The summed E-state index contributed by atoms with van der Waals surface area (Å²) in [4.78, 5) is 25.4. The van der Waals surface area contributed by atoms with Gasteiger partial charge in [0.25, 0.3) is 0 Å². The molecule has 1 saturated heterocycles. The van der Waals surface area contributed by atoms with Gasteiger partial charge < -0.3 is 26.0 Å². The molecule has 0 saturated carbocycles. The first-order valence-electron chi connectivity index (χ1n) is 14.1. The lowest BCUT2D eigenvalue weighted by molar-refractivity contribution is -0.139. The Kier molecular flexibility index (Phi) is 9.91. The molecule has 6 atom stereocenters. The number of aliphatic hydroxyl groups is 2. The average molecular weight is 563 g/mol. The van der Waals surface area contributed by atoms with Crippen LogP contribution >= 0.6 is 0 Å². The van der Waals surface area contributed by atoms with Gasteiger partial charge in [0.2, 0.25) is 5.91 Å². The van der Waals surface area contributed by atoms with Crippen LogP contribution in [0.2, 0.25) is 0 Å². The average Bonchev–Trinajstić information content (AvgIpc) is 3.29. The van der Waals surface area contributed by atoms with Gasteiger partial charge in [-0.25, -0.2) is 4.39 Å². The molecule has 7 nitrogen and oxygen atoms in total. The van der Waals surface area contributed by atoms with Crippen LogP contribution < -0.4 is 10.6 Å². The minimum atomic E-state index is -1.19. The third-order valence-corrected chi connectivity index (χ3v) is 8.19. The van der Waals surface area contributed by atoms with E-state index in [-0.39, 0.29) is 36.5 Å². The first-order valence-corrected chi connectivity index (χ1v) is 14.1. The quantitative estimate of drug-likeness (QED) is 0.211. The highest BCUT2D eigenvalue weighted by molar-refractivity contribution is 5.94. The number of nitrogens with one attached hydrogen (secondary N) is 2. The van der Waals surface area contributed by atoms with Crippen molar-refractivity contribution >= 4 is 17.6 Å². The van der Waals surface area contributed by atoms with E-state index in [1.54, 1.807) is 12.1 Å². The van der Waals surface area contributed by atoms with Crippen LogP contribution in [0.1, 0.15) is 56.7 Å². The van der Waals surface area contributed by atoms with Gasteiger partial charge in [-0.3, -0.25) is 9.59 Å². The van der Waals surface area contributed by atoms with Crippen LogP contribution in [0.3, 0.4) is 0 Å². The summed E-state index contributed by atoms with van der Waals surface area (Å²) >= 11 is 0. The summed E-state index contributed by atoms with van der Waals surface area (Å²) in [6, 6.07) is 24.6. The number of carbonyl (C=O) groups is 2. The molecular formula is C33H39FN2O5. The van der Waals surface area contributed by atoms with Crippen molar-refractivity contribution in [1.82, 2.24) is 5.32 Å². The van der Waals surface area contributed by atoms with Gasteiger partial charge in [-0.15, -0.1) is 0 Å². The second-order valence-corrected chi connectivity index (χ2v) is 11.3. The molecule has 41 heavy (non-hydrogen) atoms. The third-order valence-electron chi connectivity index (χ3n) is 8.19. The smallest absolute Gasteiger partial charge is 0.305 e. The van der Waals surface area contributed by atoms with Gasteiger partial charge in [-0.2, -0.15) is 0 Å². The summed E-state index contributed by atoms with van der Waals surface area (Å²) < 4.78 is 14.0. The SMILES string of the molecule is CC(C)C1NC(c2ccc(F)cc2)C(CC[C@@H](O)C[C@@H](O)CC(=O)O)(c2ccccc2)C1C(=O)Nc1ccccc1. The van der Waals surface area contributed by atoms with E-state index >= 15 is 0 Å². The number of carbonyl (C=O) groups excluding carboxylic acids is 1. The lowest BCUT2D eigenvalue weighted by Crippen LogP contribution is -2.47. The molecule has 1 fully saturated rings. The summed E-state index contributed by atoms with van der Waals surface area (Å²) in [5.74, 6) is -2.21. The highest BCUT2D eigenvalue weighted by Crippen LogP contribution is 2.54. The number of aliphatic carboxylic acids is 1. The molecule has 218 valence electrons. The Balaban J connectivity index is 1.82. The minimum Gasteiger partial charge on any atom is -0.481 e. The maximum atomic E-state index is 14.3. The van der Waals surface area contributed by atoms with E-state index in [0.717, 1.165) is 11.1 Å². The molecule has 1 heterocycles. The van der Waals surface area contributed by atoms with E-state index in [0.29, 0.717) is 12.1 Å². The molecule has 0 spiro atoms. The number of carboxylic acids is 1. The zero-order chi connectivity index (χ0) is 29.6. The Labute approximate surface area is 240 Å². The summed E-state index contributed by atoms with van der Waals surface area (Å²) in [6.45, 7) is 4.11. The minimum absolute atomic E-state index is 0.0531. The number of anilines is 1. The maximum Gasteiger partial charge on any atom is 0.305 e. The number of benzene rings is 3. The normalized spacial score (nSPS) is 23.7. The van der Waals surface area contributed by atoms with E-state index in [9.17, 15) is 24.2 Å². The van der Waals surface area contributed by atoms with E-state index < -0.39 is 42.0 Å². The highest BCUT2D eigenvalue weighted by atomic mass is 19.1. The molecule has 0 aliphatic carbocycles. The highest BCUT2D eigenvalue weighted by Gasteiger charge is 2.59. The molecule has 3 aromatic carbocycles. The topological polar surface area (TPSA) is 119 Å². The van der Waals surface area contributed by atoms with Crippen LogP contribution in [0, 0.1) is 17.7 Å². The van der Waals surface area contributed by atoms with E-state index in [2.05, 4.69) is 24.5 Å². The van der Waals surface area contributed by atoms with Crippen molar-refractivity contribution < 1.29 is 29.3 Å². The zero-order valence-corrected chi connectivity index (χ0v) is 23.4. The monoisotopic (exact) mass is 562 g/mol. The van der Waals surface area contributed by atoms with Crippen LogP contribution in [0.15, 0.2) is 84.9 Å². The lowest BCUT2D eigenvalue weighted by atomic mass is 9.61.